The van der Waals surface area contributed by atoms with E-state index in [4.69, 9.17) is 14.9 Å². The fourth-order valence-corrected chi connectivity index (χ4v) is 3.45. The van der Waals surface area contributed by atoms with Crippen LogP contribution in [0.4, 0.5) is 0 Å². The van der Waals surface area contributed by atoms with Crippen molar-refractivity contribution in [1.29, 1.82) is 0 Å². The van der Waals surface area contributed by atoms with Gasteiger partial charge in [-0.25, -0.2) is 0 Å². The Morgan fingerprint density at radius 1 is 0.688 bits per heavy atom. The van der Waals surface area contributed by atoms with Gasteiger partial charge in [-0.1, -0.05) is 42.5 Å². The Labute approximate surface area is 186 Å². The average molecular weight is 434 g/mol. The van der Waals surface area contributed by atoms with E-state index in [1.54, 1.807) is 24.3 Å². The zero-order valence-corrected chi connectivity index (χ0v) is 17.7. The van der Waals surface area contributed by atoms with Crippen LogP contribution in [-0.4, -0.2) is 33.9 Å². The summed E-state index contributed by atoms with van der Waals surface area (Å²) < 4.78 is 6.05. The van der Waals surface area contributed by atoms with Gasteiger partial charge in [0, 0.05) is 30.4 Å². The molecule has 0 radical (unpaired) electrons. The topological polar surface area (TPSA) is 104 Å². The monoisotopic (exact) mass is 434 g/mol. The molecule has 3 aromatic carbocycles. The third kappa shape index (κ3) is 6.60. The number of carbonyl (C=O) groups is 2. The molecule has 0 heterocycles. The van der Waals surface area contributed by atoms with E-state index in [0.29, 0.717) is 42.7 Å². The Balaban J connectivity index is 1.89. The molecule has 3 N–H and O–H groups in total. The third-order valence-electron chi connectivity index (χ3n) is 5.14. The first kappa shape index (κ1) is 22.9. The predicted molar refractivity (Wildman–Crippen MR) is 121 cm³/mol. The molecule has 3 aromatic rings. The van der Waals surface area contributed by atoms with Crippen molar-refractivity contribution in [3.63, 3.8) is 0 Å². The van der Waals surface area contributed by atoms with Crippen molar-refractivity contribution in [1.82, 2.24) is 0 Å². The van der Waals surface area contributed by atoms with Gasteiger partial charge in [0.1, 0.15) is 11.5 Å². The molecule has 0 saturated carbocycles. The Kier molecular flexibility index (Phi) is 7.86. The number of ether oxygens (including phenoxy) is 1. The van der Waals surface area contributed by atoms with Crippen LogP contribution in [0.3, 0.4) is 0 Å². The Morgan fingerprint density at radius 2 is 1.28 bits per heavy atom. The molecule has 0 amide bonds. The summed E-state index contributed by atoms with van der Waals surface area (Å²) in [5.74, 6) is -1.15. The summed E-state index contributed by atoms with van der Waals surface area (Å²) in [4.78, 5) is 21.9. The smallest absolute Gasteiger partial charge is 0.303 e. The molecule has 0 aliphatic heterocycles. The molecular weight excluding hydrogens is 408 g/mol. The summed E-state index contributed by atoms with van der Waals surface area (Å²) in [5, 5.41) is 28.5. The van der Waals surface area contributed by atoms with Gasteiger partial charge in [-0.05, 0) is 53.8 Å². The normalized spacial score (nSPS) is 10.6. The van der Waals surface area contributed by atoms with E-state index >= 15 is 0 Å². The Bertz CT molecular complexity index is 1070. The van der Waals surface area contributed by atoms with Crippen molar-refractivity contribution < 1.29 is 29.6 Å². The van der Waals surface area contributed by atoms with Crippen LogP contribution >= 0.6 is 0 Å². The molecular formula is C26H26O6. The minimum absolute atomic E-state index is 0.00170. The van der Waals surface area contributed by atoms with Gasteiger partial charge in [-0.3, -0.25) is 9.59 Å². The quantitative estimate of drug-likeness (QED) is 0.404. The average Bonchev–Trinajstić information content (AvgIpc) is 2.78. The van der Waals surface area contributed by atoms with Crippen molar-refractivity contribution in [3.05, 3.63) is 83.4 Å². The Hall–Kier alpha value is -3.80. The van der Waals surface area contributed by atoms with Crippen LogP contribution in [0.5, 0.6) is 11.5 Å². The van der Waals surface area contributed by atoms with Crippen LogP contribution in [-0.2, 0) is 28.9 Å². The second-order valence-electron chi connectivity index (χ2n) is 7.55. The number of carboxylic acids is 2. The summed E-state index contributed by atoms with van der Waals surface area (Å²) >= 11 is 0. The summed E-state index contributed by atoms with van der Waals surface area (Å²) in [6.45, 7) is 0.435. The highest BCUT2D eigenvalue weighted by Gasteiger charge is 2.14. The molecule has 0 bridgehead atoms. The highest BCUT2D eigenvalue weighted by atomic mass is 16.5. The lowest BCUT2D eigenvalue weighted by molar-refractivity contribution is -0.138. The minimum atomic E-state index is -0.889. The fourth-order valence-electron chi connectivity index (χ4n) is 3.45. The van der Waals surface area contributed by atoms with Crippen LogP contribution in [0.15, 0.2) is 66.7 Å². The van der Waals surface area contributed by atoms with E-state index in [1.165, 1.54) is 0 Å². The number of aromatic hydroxyl groups is 1. The molecule has 6 heteroatoms. The second-order valence-corrected chi connectivity index (χ2v) is 7.55. The number of benzene rings is 3. The van der Waals surface area contributed by atoms with Crippen LogP contribution in [0, 0.1) is 0 Å². The van der Waals surface area contributed by atoms with E-state index in [1.807, 2.05) is 42.5 Å². The van der Waals surface area contributed by atoms with Crippen LogP contribution in [0.1, 0.15) is 29.5 Å². The van der Waals surface area contributed by atoms with E-state index in [2.05, 4.69) is 0 Å². The third-order valence-corrected chi connectivity index (χ3v) is 5.14. The first-order chi connectivity index (χ1) is 15.4. The zero-order chi connectivity index (χ0) is 22.9. The highest BCUT2D eigenvalue weighted by Crippen LogP contribution is 2.38. The molecule has 0 aliphatic rings. The predicted octanol–water partition coefficient (Wildman–Crippen LogP) is 4.72. The second kappa shape index (κ2) is 11.0. The Morgan fingerprint density at radius 3 is 1.91 bits per heavy atom. The first-order valence-electron chi connectivity index (χ1n) is 10.5. The molecule has 166 valence electrons. The van der Waals surface area contributed by atoms with E-state index in [9.17, 15) is 14.7 Å². The number of carboxylic acid groups (broad SMARTS) is 2. The molecule has 6 nitrogen and oxygen atoms in total. The molecule has 3 rings (SSSR count). The zero-order valence-electron chi connectivity index (χ0n) is 17.7. The molecule has 0 fully saturated rings. The minimum Gasteiger partial charge on any atom is -0.507 e. The lowest BCUT2D eigenvalue weighted by Gasteiger charge is -2.15. The number of hydrogen-bond donors (Lipinski definition) is 3. The van der Waals surface area contributed by atoms with E-state index in [0.717, 1.165) is 16.7 Å². The van der Waals surface area contributed by atoms with Gasteiger partial charge in [0.2, 0.25) is 0 Å². The number of rotatable bonds is 11. The van der Waals surface area contributed by atoms with Crippen molar-refractivity contribution in [2.45, 2.75) is 32.1 Å². The number of hydrogen-bond acceptors (Lipinski definition) is 4. The maximum Gasteiger partial charge on any atom is 0.303 e. The van der Waals surface area contributed by atoms with Gasteiger partial charge in [-0.2, -0.15) is 0 Å². The van der Waals surface area contributed by atoms with Gasteiger partial charge in [0.25, 0.3) is 0 Å². The van der Waals surface area contributed by atoms with Gasteiger partial charge >= 0.3 is 11.9 Å². The van der Waals surface area contributed by atoms with Gasteiger partial charge in [-0.15, -0.1) is 0 Å². The first-order valence-corrected chi connectivity index (χ1v) is 10.5. The van der Waals surface area contributed by atoms with E-state index < -0.39 is 11.9 Å². The molecule has 0 saturated heterocycles. The fraction of sp³-hybridized carbons (Fsp3) is 0.231. The molecule has 0 aliphatic carbocycles. The van der Waals surface area contributed by atoms with Gasteiger partial charge in [0.15, 0.2) is 0 Å². The lowest BCUT2D eigenvalue weighted by atomic mass is 9.96. The highest BCUT2D eigenvalue weighted by molar-refractivity contribution is 5.77. The summed E-state index contributed by atoms with van der Waals surface area (Å²) in [5.41, 5.74) is 3.92. The number of aliphatic carboxylic acids is 2. The summed E-state index contributed by atoms with van der Waals surface area (Å²) in [6, 6.07) is 20.4. The van der Waals surface area contributed by atoms with Gasteiger partial charge < -0.3 is 20.1 Å². The number of phenols is 1. The molecule has 0 aromatic heterocycles. The molecule has 32 heavy (non-hydrogen) atoms. The van der Waals surface area contributed by atoms with Crippen molar-refractivity contribution in [2.75, 3.05) is 6.61 Å². The van der Waals surface area contributed by atoms with Crippen LogP contribution < -0.4 is 4.74 Å². The van der Waals surface area contributed by atoms with Crippen LogP contribution in [0.25, 0.3) is 11.1 Å². The number of phenolic OH excluding ortho intramolecular Hbond substituents is 1. The van der Waals surface area contributed by atoms with E-state index in [-0.39, 0.29) is 18.6 Å². The lowest BCUT2D eigenvalue weighted by Crippen LogP contribution is -2.04. The van der Waals surface area contributed by atoms with Crippen molar-refractivity contribution in [2.24, 2.45) is 0 Å². The summed E-state index contributed by atoms with van der Waals surface area (Å²) in [7, 11) is 0. The largest absolute Gasteiger partial charge is 0.507 e. The molecule has 0 atom stereocenters. The summed E-state index contributed by atoms with van der Waals surface area (Å²) in [6.07, 6.45) is 1.39. The molecule has 0 spiro atoms. The van der Waals surface area contributed by atoms with Crippen LogP contribution in [0.2, 0.25) is 0 Å². The standard InChI is InChI=1S/C26H26O6/c27-23-10-6-19(8-12-25(28)29)16-21(23)22-17-20(9-13-26(30)31)7-11-24(22)32-15-14-18-4-2-1-3-5-18/h1-7,10-11,16-17,27H,8-9,12-15H2,(H,28,29)(H,30,31). The molecule has 0 unspecified atom stereocenters. The van der Waals surface area contributed by atoms with Crippen molar-refractivity contribution >= 4 is 11.9 Å². The SMILES string of the molecule is O=C(O)CCc1ccc(O)c(-c2cc(CCC(=O)O)ccc2OCCc2ccccc2)c1. The number of aryl methyl sites for hydroxylation is 2. The maximum atomic E-state index is 11.0. The van der Waals surface area contributed by atoms with Crippen molar-refractivity contribution in [3.8, 4) is 22.6 Å². The van der Waals surface area contributed by atoms with Gasteiger partial charge in [0.05, 0.1) is 6.61 Å². The maximum absolute atomic E-state index is 11.0.